The number of carbonyl (C=O) groups excluding carboxylic acids is 4. The molecule has 1 aromatic heterocycles. The van der Waals surface area contributed by atoms with E-state index in [-0.39, 0.29) is 41.2 Å². The Balaban J connectivity index is 2.09. The molecule has 25 heavy (non-hydrogen) atoms. The van der Waals surface area contributed by atoms with E-state index >= 15 is 0 Å². The molecule has 0 saturated heterocycles. The van der Waals surface area contributed by atoms with E-state index in [1.165, 1.54) is 6.92 Å². The summed E-state index contributed by atoms with van der Waals surface area (Å²) in [7, 11) is 0. The van der Waals surface area contributed by atoms with E-state index in [9.17, 15) is 19.2 Å². The molecule has 1 heterocycles. The number of primary amides is 1. The number of hydrogen-bond acceptors (Lipinski definition) is 7. The molecule has 1 aliphatic carbocycles. The summed E-state index contributed by atoms with van der Waals surface area (Å²) in [6.45, 7) is 4.51. The van der Waals surface area contributed by atoms with E-state index < -0.39 is 30.4 Å². The first-order valence-electron chi connectivity index (χ1n) is 7.83. The largest absolute Gasteiger partial charge is 0.462 e. The van der Waals surface area contributed by atoms with Crippen molar-refractivity contribution in [2.75, 3.05) is 18.5 Å². The topological polar surface area (TPSA) is 138 Å². The lowest BCUT2D eigenvalue weighted by atomic mass is 10.1. The van der Waals surface area contributed by atoms with Gasteiger partial charge < -0.3 is 19.6 Å². The molecule has 2 atom stereocenters. The number of nitrogens with one attached hydrogen (secondary N) is 1. The maximum absolute atomic E-state index is 11.9. The summed E-state index contributed by atoms with van der Waals surface area (Å²) in [5.74, 6) is -3.02. The van der Waals surface area contributed by atoms with E-state index in [0.29, 0.717) is 0 Å². The average molecular weight is 352 g/mol. The highest BCUT2D eigenvalue weighted by Gasteiger charge is 2.40. The highest BCUT2D eigenvalue weighted by molar-refractivity contribution is 6.10. The van der Waals surface area contributed by atoms with Gasteiger partial charge in [-0.3, -0.25) is 19.7 Å². The van der Waals surface area contributed by atoms with Gasteiger partial charge in [0.1, 0.15) is 16.9 Å². The van der Waals surface area contributed by atoms with Crippen molar-refractivity contribution in [2.24, 2.45) is 17.6 Å². The maximum atomic E-state index is 11.9. The van der Waals surface area contributed by atoms with E-state index in [4.69, 9.17) is 19.6 Å². The molecule has 3 N–H and O–H groups in total. The summed E-state index contributed by atoms with van der Waals surface area (Å²) < 4.78 is 15.0. The van der Waals surface area contributed by atoms with Crippen molar-refractivity contribution >= 4 is 29.6 Å². The summed E-state index contributed by atoms with van der Waals surface area (Å²) in [6, 6.07) is 0. The predicted octanol–water partition coefficient (Wildman–Crippen LogP) is 1.00. The fraction of sp³-hybridized carbons (Fsp3) is 0.500. The molecule has 136 valence electrons. The monoisotopic (exact) mass is 352 g/mol. The Bertz CT molecular complexity index is 722. The van der Waals surface area contributed by atoms with Crippen LogP contribution in [0.25, 0.3) is 0 Å². The van der Waals surface area contributed by atoms with Crippen LogP contribution in [0.4, 0.5) is 5.88 Å². The highest BCUT2D eigenvalue weighted by atomic mass is 16.5. The molecule has 1 saturated carbocycles. The van der Waals surface area contributed by atoms with Crippen molar-refractivity contribution < 1.29 is 33.1 Å². The van der Waals surface area contributed by atoms with Crippen LogP contribution in [0.3, 0.4) is 0 Å². The number of carbonyl (C=O) groups is 4. The number of rotatable bonds is 7. The summed E-state index contributed by atoms with van der Waals surface area (Å²) in [6.07, 6.45) is 0.743. The van der Waals surface area contributed by atoms with Gasteiger partial charge in [-0.2, -0.15) is 0 Å². The molecule has 0 unspecified atom stereocenters. The lowest BCUT2D eigenvalue weighted by Crippen LogP contribution is -2.24. The maximum Gasteiger partial charge on any atom is 0.342 e. The molecule has 2 amide bonds. The third-order valence-corrected chi connectivity index (χ3v) is 3.82. The number of esters is 2. The second kappa shape index (κ2) is 7.37. The van der Waals surface area contributed by atoms with E-state index in [2.05, 4.69) is 5.32 Å². The van der Waals surface area contributed by atoms with Crippen LogP contribution in [0.1, 0.15) is 46.7 Å². The van der Waals surface area contributed by atoms with Gasteiger partial charge >= 0.3 is 11.9 Å². The first kappa shape index (κ1) is 18.5. The first-order chi connectivity index (χ1) is 11.8. The molecule has 1 aromatic rings. The second-order valence-corrected chi connectivity index (χ2v) is 5.80. The van der Waals surface area contributed by atoms with E-state index in [1.54, 1.807) is 6.92 Å². The number of aryl methyl sites for hydroxylation is 1. The number of furan rings is 1. The number of nitrogens with two attached hydrogens (primary N) is 1. The molecule has 0 spiro atoms. The Labute approximate surface area is 143 Å². The zero-order chi connectivity index (χ0) is 18.7. The van der Waals surface area contributed by atoms with Gasteiger partial charge in [-0.1, -0.05) is 6.92 Å². The van der Waals surface area contributed by atoms with Gasteiger partial charge in [0, 0.05) is 0 Å². The van der Waals surface area contributed by atoms with Crippen LogP contribution in [0.15, 0.2) is 4.42 Å². The minimum absolute atomic E-state index is 0.0753. The van der Waals surface area contributed by atoms with Gasteiger partial charge in [0.25, 0.3) is 11.8 Å². The smallest absolute Gasteiger partial charge is 0.342 e. The van der Waals surface area contributed by atoms with Gasteiger partial charge in [0.15, 0.2) is 6.61 Å². The number of amides is 2. The minimum Gasteiger partial charge on any atom is -0.462 e. The molecule has 1 fully saturated rings. The molecule has 2 rings (SSSR count). The van der Waals surface area contributed by atoms with Gasteiger partial charge in [0.2, 0.25) is 5.88 Å². The van der Waals surface area contributed by atoms with Crippen molar-refractivity contribution in [1.29, 1.82) is 0 Å². The van der Waals surface area contributed by atoms with Crippen LogP contribution < -0.4 is 11.1 Å². The molecule has 0 aliphatic heterocycles. The Morgan fingerprint density at radius 1 is 1.24 bits per heavy atom. The highest BCUT2D eigenvalue weighted by Crippen LogP contribution is 2.38. The van der Waals surface area contributed by atoms with Crippen molar-refractivity contribution in [3.8, 4) is 0 Å². The quantitative estimate of drug-likeness (QED) is 0.698. The molecule has 9 nitrogen and oxygen atoms in total. The lowest BCUT2D eigenvalue weighted by molar-refractivity contribution is -0.148. The zero-order valence-electron chi connectivity index (χ0n) is 14.2. The molecule has 0 bridgehead atoms. The van der Waals surface area contributed by atoms with Crippen molar-refractivity contribution in [1.82, 2.24) is 0 Å². The standard InChI is InChI=1S/C16H20N2O7/c1-4-23-16(22)11-8(3)25-14(12(11)13(17)20)18-10(19)6-24-15(21)9-5-7(9)2/h7,9H,4-6H2,1-3H3,(H2,17,20)(H,18,19)/t7-,9-/m1/s1. The normalized spacial score (nSPS) is 18.4. The number of ether oxygens (including phenoxy) is 2. The SMILES string of the molecule is CCOC(=O)c1c(C)oc(NC(=O)COC(=O)[C@@H]2C[C@H]2C)c1C(N)=O. The molecule has 9 heteroatoms. The molecule has 1 aliphatic rings. The second-order valence-electron chi connectivity index (χ2n) is 5.80. The molecular formula is C16H20N2O7. The van der Waals surface area contributed by atoms with Gasteiger partial charge in [-0.05, 0) is 26.2 Å². The Kier molecular flexibility index (Phi) is 5.45. The molecule has 0 aromatic carbocycles. The third kappa shape index (κ3) is 4.17. The van der Waals surface area contributed by atoms with Crippen LogP contribution >= 0.6 is 0 Å². The Hall–Kier alpha value is -2.84. The summed E-state index contributed by atoms with van der Waals surface area (Å²) in [5, 5.41) is 2.28. The van der Waals surface area contributed by atoms with Crippen LogP contribution in [-0.2, 0) is 19.1 Å². The average Bonchev–Trinajstić information content (AvgIpc) is 3.16. The van der Waals surface area contributed by atoms with Crippen LogP contribution in [-0.4, -0.2) is 37.0 Å². The first-order valence-corrected chi connectivity index (χ1v) is 7.83. The van der Waals surface area contributed by atoms with E-state index in [1.807, 2.05) is 6.92 Å². The fourth-order valence-corrected chi connectivity index (χ4v) is 2.37. The fourth-order valence-electron chi connectivity index (χ4n) is 2.37. The van der Waals surface area contributed by atoms with Crippen molar-refractivity contribution in [3.05, 3.63) is 16.9 Å². The Morgan fingerprint density at radius 3 is 2.40 bits per heavy atom. The van der Waals surface area contributed by atoms with E-state index in [0.717, 1.165) is 6.42 Å². The molecule has 0 radical (unpaired) electrons. The van der Waals surface area contributed by atoms with Crippen molar-refractivity contribution in [3.63, 3.8) is 0 Å². The summed E-state index contributed by atoms with van der Waals surface area (Å²) >= 11 is 0. The number of anilines is 1. The van der Waals surface area contributed by atoms with Gasteiger partial charge in [-0.25, -0.2) is 4.79 Å². The third-order valence-electron chi connectivity index (χ3n) is 3.82. The van der Waals surface area contributed by atoms with Gasteiger partial charge in [-0.15, -0.1) is 0 Å². The predicted molar refractivity (Wildman–Crippen MR) is 84.8 cm³/mol. The van der Waals surface area contributed by atoms with Crippen LogP contribution in [0.5, 0.6) is 0 Å². The van der Waals surface area contributed by atoms with Crippen molar-refractivity contribution in [2.45, 2.75) is 27.2 Å². The van der Waals surface area contributed by atoms with Crippen LogP contribution in [0.2, 0.25) is 0 Å². The van der Waals surface area contributed by atoms with Crippen LogP contribution in [0, 0.1) is 18.8 Å². The van der Waals surface area contributed by atoms with Gasteiger partial charge in [0.05, 0.1) is 12.5 Å². The molecular weight excluding hydrogens is 332 g/mol. The minimum atomic E-state index is -0.959. The summed E-state index contributed by atoms with van der Waals surface area (Å²) in [5.41, 5.74) is 4.85. The summed E-state index contributed by atoms with van der Waals surface area (Å²) in [4.78, 5) is 47.1. The lowest BCUT2D eigenvalue weighted by Gasteiger charge is -2.06. The number of hydrogen-bond donors (Lipinski definition) is 2. The Morgan fingerprint density at radius 2 is 1.88 bits per heavy atom. The zero-order valence-corrected chi connectivity index (χ0v) is 14.2.